The van der Waals surface area contributed by atoms with Gasteiger partial charge >= 0.3 is 6.18 Å². The molecule has 1 aliphatic rings. The molecule has 5 nitrogen and oxygen atoms in total. The highest BCUT2D eigenvalue weighted by Gasteiger charge is 2.39. The SMILES string of the molecule is CC1c2cnc(C(F)(F)F)n2CCN1c1cncc(Cl)n1. The van der Waals surface area contributed by atoms with Crippen molar-refractivity contribution in [3.05, 3.63) is 35.3 Å². The van der Waals surface area contributed by atoms with Crippen molar-refractivity contribution in [3.63, 3.8) is 0 Å². The van der Waals surface area contributed by atoms with Gasteiger partial charge in [0, 0.05) is 13.1 Å². The van der Waals surface area contributed by atoms with E-state index in [1.54, 1.807) is 13.1 Å². The Bertz CT molecular complexity index is 669. The third kappa shape index (κ3) is 2.44. The van der Waals surface area contributed by atoms with Crippen LogP contribution in [0.15, 0.2) is 18.6 Å². The van der Waals surface area contributed by atoms with Crippen molar-refractivity contribution in [2.75, 3.05) is 11.4 Å². The number of rotatable bonds is 1. The average molecular weight is 318 g/mol. The van der Waals surface area contributed by atoms with Gasteiger partial charge < -0.3 is 9.47 Å². The van der Waals surface area contributed by atoms with Gasteiger partial charge in [0.25, 0.3) is 0 Å². The Morgan fingerprint density at radius 2 is 2.00 bits per heavy atom. The maximum absolute atomic E-state index is 12.9. The Morgan fingerprint density at radius 3 is 2.67 bits per heavy atom. The molecule has 1 unspecified atom stereocenters. The van der Waals surface area contributed by atoms with Crippen molar-refractivity contribution in [2.24, 2.45) is 0 Å². The van der Waals surface area contributed by atoms with Crippen LogP contribution in [0.4, 0.5) is 19.0 Å². The standard InChI is InChI=1S/C12H11ClF3N5/c1-7-8-4-18-11(12(14,15)16)21(8)3-2-20(7)10-6-17-5-9(13)19-10/h4-7H,2-3H2,1H3. The summed E-state index contributed by atoms with van der Waals surface area (Å²) in [6.45, 7) is 2.36. The molecular weight excluding hydrogens is 307 g/mol. The summed E-state index contributed by atoms with van der Waals surface area (Å²) in [6, 6.07) is -0.296. The van der Waals surface area contributed by atoms with E-state index in [0.717, 1.165) is 0 Å². The molecule has 1 atom stereocenters. The normalized spacial score (nSPS) is 18.7. The summed E-state index contributed by atoms with van der Waals surface area (Å²) in [5, 5.41) is 0.245. The van der Waals surface area contributed by atoms with Crippen LogP contribution < -0.4 is 4.90 Å². The first-order valence-electron chi connectivity index (χ1n) is 6.24. The van der Waals surface area contributed by atoms with Gasteiger partial charge in [0.2, 0.25) is 5.82 Å². The van der Waals surface area contributed by atoms with Gasteiger partial charge in [0.05, 0.1) is 30.3 Å². The van der Waals surface area contributed by atoms with Crippen LogP contribution in [0.3, 0.4) is 0 Å². The van der Waals surface area contributed by atoms with Gasteiger partial charge in [-0.25, -0.2) is 9.97 Å². The molecular formula is C12H11ClF3N5. The van der Waals surface area contributed by atoms with E-state index in [-0.39, 0.29) is 17.7 Å². The molecule has 0 fully saturated rings. The fraction of sp³-hybridized carbons (Fsp3) is 0.417. The molecule has 21 heavy (non-hydrogen) atoms. The van der Waals surface area contributed by atoms with Gasteiger partial charge in [0.1, 0.15) is 11.0 Å². The molecule has 0 amide bonds. The molecule has 2 aromatic rings. The molecule has 0 bridgehead atoms. The molecule has 112 valence electrons. The molecule has 3 rings (SSSR count). The Balaban J connectivity index is 1.97. The summed E-state index contributed by atoms with van der Waals surface area (Å²) in [6.07, 6.45) is -0.238. The molecule has 3 heterocycles. The van der Waals surface area contributed by atoms with E-state index in [9.17, 15) is 13.2 Å². The summed E-state index contributed by atoms with van der Waals surface area (Å²) < 4.78 is 39.8. The molecule has 0 radical (unpaired) electrons. The lowest BCUT2D eigenvalue weighted by atomic mass is 10.1. The monoisotopic (exact) mass is 317 g/mol. The van der Waals surface area contributed by atoms with Crippen molar-refractivity contribution < 1.29 is 13.2 Å². The van der Waals surface area contributed by atoms with Crippen LogP contribution >= 0.6 is 11.6 Å². The Hall–Kier alpha value is -1.83. The number of nitrogens with zero attached hydrogens (tertiary/aromatic N) is 5. The summed E-state index contributed by atoms with van der Waals surface area (Å²) in [5.74, 6) is -0.322. The number of anilines is 1. The zero-order chi connectivity index (χ0) is 15.2. The summed E-state index contributed by atoms with van der Waals surface area (Å²) >= 11 is 5.81. The highest BCUT2D eigenvalue weighted by Crippen LogP contribution is 2.35. The number of alkyl halides is 3. The summed E-state index contributed by atoms with van der Waals surface area (Å²) in [5.41, 5.74) is 0.496. The van der Waals surface area contributed by atoms with Crippen LogP contribution in [0.2, 0.25) is 5.15 Å². The first-order valence-corrected chi connectivity index (χ1v) is 6.62. The Kier molecular flexibility index (Phi) is 3.27. The van der Waals surface area contributed by atoms with E-state index < -0.39 is 12.0 Å². The lowest BCUT2D eigenvalue weighted by Crippen LogP contribution is -2.38. The quantitative estimate of drug-likeness (QED) is 0.811. The van der Waals surface area contributed by atoms with Crippen LogP contribution in [-0.4, -0.2) is 26.1 Å². The van der Waals surface area contributed by atoms with Crippen LogP contribution in [0.5, 0.6) is 0 Å². The Labute approximate surface area is 123 Å². The third-order valence-corrected chi connectivity index (χ3v) is 3.67. The molecule has 1 aliphatic heterocycles. The number of fused-ring (bicyclic) bond motifs is 1. The fourth-order valence-electron chi connectivity index (χ4n) is 2.53. The van der Waals surface area contributed by atoms with Crippen LogP contribution in [0.25, 0.3) is 0 Å². The van der Waals surface area contributed by atoms with Crippen LogP contribution in [-0.2, 0) is 12.7 Å². The second-order valence-corrected chi connectivity index (χ2v) is 5.11. The predicted molar refractivity (Wildman–Crippen MR) is 70.0 cm³/mol. The zero-order valence-corrected chi connectivity index (χ0v) is 11.7. The molecule has 0 saturated carbocycles. The lowest BCUT2D eigenvalue weighted by Gasteiger charge is -2.35. The first kappa shape index (κ1) is 14.1. The number of hydrogen-bond acceptors (Lipinski definition) is 4. The number of imidazole rings is 1. The van der Waals surface area contributed by atoms with Crippen molar-refractivity contribution in [1.29, 1.82) is 0 Å². The lowest BCUT2D eigenvalue weighted by molar-refractivity contribution is -0.147. The van der Waals surface area contributed by atoms with E-state index in [4.69, 9.17) is 11.6 Å². The molecule has 0 aliphatic carbocycles. The van der Waals surface area contributed by atoms with E-state index in [2.05, 4.69) is 15.0 Å². The van der Waals surface area contributed by atoms with Crippen LogP contribution in [0, 0.1) is 0 Å². The van der Waals surface area contributed by atoms with Crippen molar-refractivity contribution in [1.82, 2.24) is 19.5 Å². The molecule has 0 aromatic carbocycles. The fourth-order valence-corrected chi connectivity index (χ4v) is 2.67. The molecule has 0 saturated heterocycles. The number of aromatic nitrogens is 4. The number of halogens is 4. The highest BCUT2D eigenvalue weighted by molar-refractivity contribution is 6.29. The van der Waals surface area contributed by atoms with Crippen LogP contribution in [0.1, 0.15) is 24.5 Å². The van der Waals surface area contributed by atoms with Gasteiger partial charge in [-0.05, 0) is 6.92 Å². The van der Waals surface area contributed by atoms with Gasteiger partial charge in [-0.15, -0.1) is 0 Å². The van der Waals surface area contributed by atoms with Gasteiger partial charge in [-0.2, -0.15) is 13.2 Å². The van der Waals surface area contributed by atoms with E-state index in [1.165, 1.54) is 17.0 Å². The molecule has 9 heteroatoms. The molecule has 0 N–H and O–H groups in total. The van der Waals surface area contributed by atoms with E-state index >= 15 is 0 Å². The second kappa shape index (κ2) is 4.87. The minimum Gasteiger partial charge on any atom is -0.345 e. The highest BCUT2D eigenvalue weighted by atomic mass is 35.5. The minimum absolute atomic E-state index is 0.183. The second-order valence-electron chi connectivity index (χ2n) is 4.73. The smallest absolute Gasteiger partial charge is 0.345 e. The van der Waals surface area contributed by atoms with Gasteiger partial charge in [-0.3, -0.25) is 4.98 Å². The predicted octanol–water partition coefficient (Wildman–Crippen LogP) is 2.93. The largest absolute Gasteiger partial charge is 0.449 e. The maximum atomic E-state index is 12.9. The van der Waals surface area contributed by atoms with Crippen molar-refractivity contribution in [2.45, 2.75) is 25.7 Å². The van der Waals surface area contributed by atoms with E-state index in [1.807, 2.05) is 4.90 Å². The zero-order valence-electron chi connectivity index (χ0n) is 11.0. The first-order chi connectivity index (χ1) is 9.88. The maximum Gasteiger partial charge on any atom is 0.449 e. The third-order valence-electron chi connectivity index (χ3n) is 3.49. The molecule has 0 spiro atoms. The minimum atomic E-state index is -4.45. The Morgan fingerprint density at radius 1 is 1.24 bits per heavy atom. The number of hydrogen-bond donors (Lipinski definition) is 0. The van der Waals surface area contributed by atoms with E-state index in [0.29, 0.717) is 18.1 Å². The van der Waals surface area contributed by atoms with Crippen molar-refractivity contribution >= 4 is 17.4 Å². The van der Waals surface area contributed by atoms with Gasteiger partial charge in [-0.1, -0.05) is 11.6 Å². The van der Waals surface area contributed by atoms with Gasteiger partial charge in [0.15, 0.2) is 0 Å². The topological polar surface area (TPSA) is 46.8 Å². The summed E-state index contributed by atoms with van der Waals surface area (Å²) in [7, 11) is 0. The molecule has 2 aromatic heterocycles. The van der Waals surface area contributed by atoms with Crippen molar-refractivity contribution in [3.8, 4) is 0 Å². The average Bonchev–Trinajstić information content (AvgIpc) is 2.83. The summed E-state index contributed by atoms with van der Waals surface area (Å²) in [4.78, 5) is 13.5.